The maximum Gasteiger partial charge on any atom is 0.344 e. The van der Waals surface area contributed by atoms with Crippen molar-refractivity contribution in [1.29, 1.82) is 0 Å². The van der Waals surface area contributed by atoms with Crippen LogP contribution in [0.2, 0.25) is 0 Å². The molecule has 0 N–H and O–H groups in total. The predicted molar refractivity (Wildman–Crippen MR) is 112 cm³/mol. The molecule has 0 heterocycles. The van der Waals surface area contributed by atoms with E-state index in [4.69, 9.17) is 14.2 Å². The fraction of sp³-hybridized carbons (Fsp3) is 0.409. The Bertz CT molecular complexity index is 973. The van der Waals surface area contributed by atoms with Crippen molar-refractivity contribution in [2.75, 3.05) is 19.8 Å². The summed E-state index contributed by atoms with van der Waals surface area (Å²) in [4.78, 5) is 49.6. The Labute approximate surface area is 184 Å². The number of nitrogens with zero attached hydrogens (tertiary/aromatic N) is 1. The molecule has 10 heteroatoms. The molecule has 0 fully saturated rings. The summed E-state index contributed by atoms with van der Waals surface area (Å²) in [5.41, 5.74) is 0.708. The van der Waals surface area contributed by atoms with Gasteiger partial charge in [0.1, 0.15) is 5.75 Å². The Morgan fingerprint density at radius 3 is 2.38 bits per heavy atom. The molecular weight excluding hydrogens is 422 g/mol. The summed E-state index contributed by atoms with van der Waals surface area (Å²) >= 11 is 0. The third kappa shape index (κ3) is 7.86. The molecule has 0 aliphatic heterocycles. The van der Waals surface area contributed by atoms with Crippen molar-refractivity contribution < 1.29 is 38.5 Å². The summed E-state index contributed by atoms with van der Waals surface area (Å²) in [5, 5.41) is 10.8. The summed E-state index contributed by atoms with van der Waals surface area (Å²) in [7, 11) is 0. The van der Waals surface area contributed by atoms with Gasteiger partial charge in [-0.1, -0.05) is 31.2 Å². The third-order valence-electron chi connectivity index (χ3n) is 4.54. The van der Waals surface area contributed by atoms with Gasteiger partial charge >= 0.3 is 17.9 Å². The summed E-state index contributed by atoms with van der Waals surface area (Å²) in [6, 6.07) is 10.6. The fourth-order valence-electron chi connectivity index (χ4n) is 2.74. The molecule has 172 valence electrons. The van der Waals surface area contributed by atoms with Gasteiger partial charge in [-0.05, 0) is 48.2 Å². The monoisotopic (exact) mass is 447 g/mol. The van der Waals surface area contributed by atoms with E-state index in [-0.39, 0.29) is 25.6 Å². The van der Waals surface area contributed by atoms with Gasteiger partial charge in [-0.3, -0.25) is 9.59 Å². The van der Waals surface area contributed by atoms with E-state index in [1.165, 1.54) is 0 Å². The number of carbonyl (C=O) groups is 3. The number of esters is 3. The molecule has 32 heavy (non-hydrogen) atoms. The number of hydrogen-bond acceptors (Lipinski definition) is 9. The highest BCUT2D eigenvalue weighted by atomic mass is 16.9. The lowest BCUT2D eigenvalue weighted by Gasteiger charge is -2.13. The molecule has 10 nitrogen and oxygen atoms in total. The number of rotatable bonds is 12. The highest BCUT2D eigenvalue weighted by molar-refractivity contribution is 5.88. The minimum absolute atomic E-state index is 0.0489. The summed E-state index contributed by atoms with van der Waals surface area (Å²) in [6.07, 6.45) is 1.03. The molecule has 2 rings (SSSR count). The van der Waals surface area contributed by atoms with Gasteiger partial charge in [-0.15, -0.1) is 10.1 Å². The maximum atomic E-state index is 12.3. The van der Waals surface area contributed by atoms with Gasteiger partial charge in [0.2, 0.25) is 0 Å². The second-order valence-electron chi connectivity index (χ2n) is 6.91. The normalized spacial score (nSPS) is 11.4. The van der Waals surface area contributed by atoms with Crippen molar-refractivity contribution in [3.05, 3.63) is 52.1 Å². The topological polar surface area (TPSA) is 131 Å². The largest absolute Gasteiger partial charge is 0.463 e. The lowest BCUT2D eigenvalue weighted by atomic mass is 9.98. The smallest absolute Gasteiger partial charge is 0.344 e. The Kier molecular flexibility index (Phi) is 9.40. The molecule has 2 aromatic carbocycles. The quantitative estimate of drug-likeness (QED) is 0.158. The zero-order valence-corrected chi connectivity index (χ0v) is 17.9. The van der Waals surface area contributed by atoms with Crippen LogP contribution in [0.25, 0.3) is 10.8 Å². The van der Waals surface area contributed by atoms with E-state index in [1.807, 2.05) is 12.1 Å². The van der Waals surface area contributed by atoms with Crippen LogP contribution in [0.5, 0.6) is 5.75 Å². The lowest BCUT2D eigenvalue weighted by molar-refractivity contribution is -0.757. The summed E-state index contributed by atoms with van der Waals surface area (Å²) in [5.74, 6) is -1.75. The van der Waals surface area contributed by atoms with Crippen LogP contribution in [-0.4, -0.2) is 42.8 Å². The highest BCUT2D eigenvalue weighted by Gasteiger charge is 2.19. The number of benzene rings is 2. The van der Waals surface area contributed by atoms with Crippen molar-refractivity contribution in [2.45, 2.75) is 39.0 Å². The number of ether oxygens (including phenoxy) is 3. The highest BCUT2D eigenvalue weighted by Crippen LogP contribution is 2.26. The molecular formula is C22H25NO9. The van der Waals surface area contributed by atoms with Crippen LogP contribution in [-0.2, 0) is 28.7 Å². The second-order valence-corrected chi connectivity index (χ2v) is 6.91. The molecule has 1 atom stereocenters. The Morgan fingerprint density at radius 1 is 0.969 bits per heavy atom. The minimum atomic E-state index is -0.885. The molecule has 0 saturated carbocycles. The SMILES string of the molecule is CCC(=O)Oc1ccc2cc(C(C)C(=O)OCC(=O)OCCCCO[N+](=O)[O-])ccc2c1. The van der Waals surface area contributed by atoms with Crippen LogP contribution in [0.1, 0.15) is 44.6 Å². The van der Waals surface area contributed by atoms with E-state index in [9.17, 15) is 24.5 Å². The van der Waals surface area contributed by atoms with Gasteiger partial charge in [0.05, 0.1) is 19.1 Å². The first-order valence-electron chi connectivity index (χ1n) is 10.1. The van der Waals surface area contributed by atoms with Crippen molar-refractivity contribution in [3.63, 3.8) is 0 Å². The zero-order chi connectivity index (χ0) is 23.5. The molecule has 2 aromatic rings. The van der Waals surface area contributed by atoms with Gasteiger partial charge in [-0.25, -0.2) is 4.79 Å². The van der Waals surface area contributed by atoms with Crippen LogP contribution in [0.3, 0.4) is 0 Å². The number of carbonyl (C=O) groups excluding carboxylic acids is 3. The Morgan fingerprint density at radius 2 is 1.66 bits per heavy atom. The van der Waals surface area contributed by atoms with Crippen molar-refractivity contribution >= 4 is 28.7 Å². The first kappa shape index (κ1) is 24.6. The van der Waals surface area contributed by atoms with Crippen LogP contribution >= 0.6 is 0 Å². The van der Waals surface area contributed by atoms with Gasteiger partial charge in [0, 0.05) is 6.42 Å². The molecule has 0 amide bonds. The molecule has 0 radical (unpaired) electrons. The van der Waals surface area contributed by atoms with Gasteiger partial charge in [0.15, 0.2) is 6.61 Å². The molecule has 1 unspecified atom stereocenters. The van der Waals surface area contributed by atoms with Gasteiger partial charge in [-0.2, -0.15) is 0 Å². The van der Waals surface area contributed by atoms with Gasteiger partial charge < -0.3 is 19.0 Å². The lowest BCUT2D eigenvalue weighted by Crippen LogP contribution is -2.20. The number of hydrogen-bond donors (Lipinski definition) is 0. The molecule has 0 bridgehead atoms. The zero-order valence-electron chi connectivity index (χ0n) is 17.9. The molecule has 0 spiro atoms. The average Bonchev–Trinajstić information content (AvgIpc) is 2.78. The van der Waals surface area contributed by atoms with E-state index < -0.39 is 29.6 Å². The van der Waals surface area contributed by atoms with E-state index in [1.54, 1.807) is 38.1 Å². The Hall–Kier alpha value is -3.69. The first-order valence-corrected chi connectivity index (χ1v) is 10.1. The van der Waals surface area contributed by atoms with E-state index in [2.05, 4.69) is 4.84 Å². The Balaban J connectivity index is 1.82. The molecule has 0 aromatic heterocycles. The van der Waals surface area contributed by atoms with Crippen molar-refractivity contribution in [1.82, 2.24) is 0 Å². The maximum absolute atomic E-state index is 12.3. The van der Waals surface area contributed by atoms with Crippen LogP contribution in [0.4, 0.5) is 0 Å². The molecule has 0 aliphatic rings. The van der Waals surface area contributed by atoms with E-state index in [0.717, 1.165) is 10.8 Å². The van der Waals surface area contributed by atoms with E-state index in [0.29, 0.717) is 24.2 Å². The third-order valence-corrected chi connectivity index (χ3v) is 4.54. The number of fused-ring (bicyclic) bond motifs is 1. The fourth-order valence-corrected chi connectivity index (χ4v) is 2.74. The van der Waals surface area contributed by atoms with Gasteiger partial charge in [0.25, 0.3) is 5.09 Å². The van der Waals surface area contributed by atoms with E-state index >= 15 is 0 Å². The van der Waals surface area contributed by atoms with Crippen molar-refractivity contribution in [2.24, 2.45) is 0 Å². The second kappa shape index (κ2) is 12.2. The summed E-state index contributed by atoms with van der Waals surface area (Å²) in [6.45, 7) is 2.84. The standard InChI is InChI=1S/C22H25NO9/c1-3-20(24)32-19-9-8-17-12-16(6-7-18(17)13-19)15(2)22(26)30-14-21(25)29-10-4-5-11-31-23(27)28/h6-9,12-13,15H,3-5,10-11,14H2,1-2H3. The molecule has 0 saturated heterocycles. The van der Waals surface area contributed by atoms with Crippen LogP contribution < -0.4 is 4.74 Å². The first-order chi connectivity index (χ1) is 15.3. The van der Waals surface area contributed by atoms with Crippen LogP contribution in [0, 0.1) is 10.1 Å². The predicted octanol–water partition coefficient (Wildman–Crippen LogP) is 3.33. The number of unbranched alkanes of at least 4 members (excludes halogenated alkanes) is 1. The van der Waals surface area contributed by atoms with Crippen molar-refractivity contribution in [3.8, 4) is 5.75 Å². The average molecular weight is 447 g/mol. The minimum Gasteiger partial charge on any atom is -0.463 e. The van der Waals surface area contributed by atoms with Crippen LogP contribution in [0.15, 0.2) is 36.4 Å². The molecule has 0 aliphatic carbocycles. The summed E-state index contributed by atoms with van der Waals surface area (Å²) < 4.78 is 15.2.